The number of rotatable bonds is 8. The van der Waals surface area contributed by atoms with Gasteiger partial charge in [0.05, 0.1) is 12.7 Å². The van der Waals surface area contributed by atoms with Crippen molar-refractivity contribution in [3.05, 3.63) is 35.6 Å². The molecule has 0 aromatic heterocycles. The highest BCUT2D eigenvalue weighted by molar-refractivity contribution is 5.20. The van der Waals surface area contributed by atoms with Gasteiger partial charge in [0.1, 0.15) is 5.82 Å². The third-order valence-electron chi connectivity index (χ3n) is 3.37. The lowest BCUT2D eigenvalue weighted by atomic mass is 9.96. The molecular weight excluding hydrogens is 245 g/mol. The molecule has 108 valence electrons. The molecule has 0 fully saturated rings. The average molecular weight is 269 g/mol. The summed E-state index contributed by atoms with van der Waals surface area (Å²) in [5.41, 5.74) is 0.373. The second kappa shape index (κ2) is 8.25. The van der Waals surface area contributed by atoms with Crippen LogP contribution in [0.4, 0.5) is 4.39 Å². The fraction of sp³-hybridized carbons (Fsp3) is 0.600. The Kier molecular flexibility index (Phi) is 6.99. The highest BCUT2D eigenvalue weighted by Crippen LogP contribution is 2.24. The van der Waals surface area contributed by atoms with E-state index < -0.39 is 6.10 Å². The van der Waals surface area contributed by atoms with Gasteiger partial charge in [0.15, 0.2) is 0 Å². The average Bonchev–Trinajstić information content (AvgIpc) is 2.43. The first-order chi connectivity index (χ1) is 9.10. The number of nitrogens with zero attached hydrogens (tertiary/aromatic N) is 1. The van der Waals surface area contributed by atoms with Crippen LogP contribution in [0.25, 0.3) is 0 Å². The van der Waals surface area contributed by atoms with Crippen LogP contribution < -0.4 is 0 Å². The lowest BCUT2D eigenvalue weighted by Gasteiger charge is -2.27. The molecular formula is C15H24FNO2. The molecule has 0 aliphatic rings. The predicted octanol–water partition coefficient (Wildman–Crippen LogP) is 2.46. The molecule has 0 spiro atoms. The summed E-state index contributed by atoms with van der Waals surface area (Å²) in [5.74, 6) is -0.379. The second-order valence-electron chi connectivity index (χ2n) is 4.83. The molecule has 1 rings (SSSR count). The quantitative estimate of drug-likeness (QED) is 0.787. The maximum atomic E-state index is 13.6. The summed E-state index contributed by atoms with van der Waals surface area (Å²) in [6.45, 7) is 7.09. The van der Waals surface area contributed by atoms with Crippen LogP contribution >= 0.6 is 0 Å². The molecule has 0 aliphatic heterocycles. The van der Waals surface area contributed by atoms with Gasteiger partial charge in [-0.15, -0.1) is 0 Å². The van der Waals surface area contributed by atoms with Crippen LogP contribution in [0.1, 0.15) is 25.5 Å². The first kappa shape index (κ1) is 16.1. The van der Waals surface area contributed by atoms with Crippen molar-refractivity contribution in [1.82, 2.24) is 4.90 Å². The number of benzene rings is 1. The van der Waals surface area contributed by atoms with Crippen molar-refractivity contribution in [3.8, 4) is 0 Å². The molecule has 4 heteroatoms. The van der Waals surface area contributed by atoms with Gasteiger partial charge in [0, 0.05) is 25.8 Å². The number of aliphatic hydroxyl groups excluding tert-OH is 1. The Labute approximate surface area is 115 Å². The van der Waals surface area contributed by atoms with Gasteiger partial charge in [-0.05, 0) is 18.5 Å². The Bertz CT molecular complexity index is 373. The highest BCUT2D eigenvalue weighted by atomic mass is 19.1. The van der Waals surface area contributed by atoms with Crippen LogP contribution in [0, 0.1) is 11.7 Å². The van der Waals surface area contributed by atoms with E-state index in [2.05, 4.69) is 11.8 Å². The minimum atomic E-state index is -0.780. The van der Waals surface area contributed by atoms with Gasteiger partial charge in [0.25, 0.3) is 0 Å². The summed E-state index contributed by atoms with van der Waals surface area (Å²) in [4.78, 5) is 2.19. The molecule has 2 unspecified atom stereocenters. The van der Waals surface area contributed by atoms with Gasteiger partial charge in [-0.3, -0.25) is 0 Å². The first-order valence-corrected chi connectivity index (χ1v) is 6.73. The Morgan fingerprint density at radius 1 is 1.37 bits per heavy atom. The number of aliphatic hydroxyl groups is 1. The number of hydrogen-bond acceptors (Lipinski definition) is 3. The van der Waals surface area contributed by atoms with Crippen LogP contribution in [0.15, 0.2) is 24.3 Å². The highest BCUT2D eigenvalue weighted by Gasteiger charge is 2.21. The molecule has 2 atom stereocenters. The van der Waals surface area contributed by atoms with Gasteiger partial charge in [0.2, 0.25) is 0 Å². The number of methoxy groups -OCH3 is 1. The van der Waals surface area contributed by atoms with Crippen molar-refractivity contribution in [2.45, 2.75) is 20.0 Å². The Morgan fingerprint density at radius 2 is 2.05 bits per heavy atom. The van der Waals surface area contributed by atoms with E-state index in [0.717, 1.165) is 19.6 Å². The van der Waals surface area contributed by atoms with Crippen molar-refractivity contribution >= 4 is 0 Å². The largest absolute Gasteiger partial charge is 0.388 e. The van der Waals surface area contributed by atoms with Gasteiger partial charge >= 0.3 is 0 Å². The number of ether oxygens (including phenoxy) is 1. The van der Waals surface area contributed by atoms with Crippen LogP contribution in [-0.2, 0) is 4.74 Å². The Morgan fingerprint density at radius 3 is 2.63 bits per heavy atom. The third-order valence-corrected chi connectivity index (χ3v) is 3.37. The lowest BCUT2D eigenvalue weighted by molar-refractivity contribution is 0.0756. The SMILES string of the molecule is CCN(CCOC)CC(C)C(O)c1ccccc1F. The topological polar surface area (TPSA) is 32.7 Å². The van der Waals surface area contributed by atoms with Crippen LogP contribution in [0.2, 0.25) is 0 Å². The van der Waals surface area contributed by atoms with E-state index in [-0.39, 0.29) is 11.7 Å². The van der Waals surface area contributed by atoms with Gasteiger partial charge < -0.3 is 14.7 Å². The summed E-state index contributed by atoms with van der Waals surface area (Å²) in [5, 5.41) is 10.2. The van der Waals surface area contributed by atoms with E-state index in [1.165, 1.54) is 6.07 Å². The summed E-state index contributed by atoms with van der Waals surface area (Å²) >= 11 is 0. The first-order valence-electron chi connectivity index (χ1n) is 6.73. The van der Waals surface area contributed by atoms with Gasteiger partial charge in [-0.25, -0.2) is 4.39 Å². The number of hydrogen-bond donors (Lipinski definition) is 1. The Balaban J connectivity index is 2.61. The minimum absolute atomic E-state index is 0.0336. The normalized spacial score (nSPS) is 14.6. The molecule has 0 radical (unpaired) electrons. The summed E-state index contributed by atoms with van der Waals surface area (Å²) in [7, 11) is 1.67. The molecule has 3 nitrogen and oxygen atoms in total. The molecule has 0 saturated carbocycles. The summed E-state index contributed by atoms with van der Waals surface area (Å²) in [6, 6.07) is 6.40. The van der Waals surface area contributed by atoms with Gasteiger partial charge in [-0.1, -0.05) is 32.0 Å². The van der Waals surface area contributed by atoms with E-state index in [0.29, 0.717) is 12.2 Å². The summed E-state index contributed by atoms with van der Waals surface area (Å²) < 4.78 is 18.7. The van der Waals surface area contributed by atoms with E-state index in [1.807, 2.05) is 6.92 Å². The smallest absolute Gasteiger partial charge is 0.129 e. The van der Waals surface area contributed by atoms with Crippen LogP contribution in [0.5, 0.6) is 0 Å². The van der Waals surface area contributed by atoms with E-state index in [1.54, 1.807) is 25.3 Å². The van der Waals surface area contributed by atoms with Gasteiger partial charge in [-0.2, -0.15) is 0 Å². The van der Waals surface area contributed by atoms with Crippen molar-refractivity contribution < 1.29 is 14.2 Å². The lowest BCUT2D eigenvalue weighted by Crippen LogP contribution is -2.33. The zero-order valence-corrected chi connectivity index (χ0v) is 12.0. The Hall–Kier alpha value is -0.970. The molecule has 1 aromatic rings. The maximum absolute atomic E-state index is 13.6. The van der Waals surface area contributed by atoms with Crippen molar-refractivity contribution in [2.24, 2.45) is 5.92 Å². The van der Waals surface area contributed by atoms with E-state index in [9.17, 15) is 9.50 Å². The van der Waals surface area contributed by atoms with Crippen LogP contribution in [0.3, 0.4) is 0 Å². The third kappa shape index (κ3) is 4.90. The standard InChI is InChI=1S/C15H24FNO2/c1-4-17(9-10-19-3)11-12(2)15(18)13-7-5-6-8-14(13)16/h5-8,12,15,18H,4,9-11H2,1-3H3. The molecule has 0 bridgehead atoms. The van der Waals surface area contributed by atoms with Crippen molar-refractivity contribution in [2.75, 3.05) is 33.4 Å². The molecule has 1 N–H and O–H groups in total. The molecule has 19 heavy (non-hydrogen) atoms. The van der Waals surface area contributed by atoms with Crippen molar-refractivity contribution in [1.29, 1.82) is 0 Å². The molecule has 0 aliphatic carbocycles. The number of likely N-dealkylation sites (N-methyl/N-ethyl adjacent to an activating group) is 1. The van der Waals surface area contributed by atoms with Crippen LogP contribution in [-0.4, -0.2) is 43.4 Å². The van der Waals surface area contributed by atoms with E-state index >= 15 is 0 Å². The molecule has 0 amide bonds. The van der Waals surface area contributed by atoms with E-state index in [4.69, 9.17) is 4.74 Å². The zero-order valence-electron chi connectivity index (χ0n) is 12.0. The molecule has 1 aromatic carbocycles. The fourth-order valence-electron chi connectivity index (χ4n) is 2.13. The predicted molar refractivity (Wildman–Crippen MR) is 74.5 cm³/mol. The second-order valence-corrected chi connectivity index (χ2v) is 4.83. The number of halogens is 1. The fourth-order valence-corrected chi connectivity index (χ4v) is 2.13. The monoisotopic (exact) mass is 269 g/mol. The zero-order chi connectivity index (χ0) is 14.3. The molecule has 0 heterocycles. The maximum Gasteiger partial charge on any atom is 0.129 e. The minimum Gasteiger partial charge on any atom is -0.388 e. The molecule has 0 saturated heterocycles. The summed E-state index contributed by atoms with van der Waals surface area (Å²) in [6.07, 6.45) is -0.780. The van der Waals surface area contributed by atoms with Crippen molar-refractivity contribution in [3.63, 3.8) is 0 Å².